The lowest BCUT2D eigenvalue weighted by atomic mass is 9.33. The molecule has 0 spiro atoms. The zero-order valence-corrected chi connectivity index (χ0v) is 39.9. The van der Waals surface area contributed by atoms with Gasteiger partial charge in [0.1, 0.15) is 15.9 Å². The van der Waals surface area contributed by atoms with E-state index in [9.17, 15) is 28.7 Å². The molecule has 0 saturated heterocycles. The maximum Gasteiger partial charge on any atom is 0.309 e. The molecule has 340 valence electrons. The number of carbonyl (C=O) groups is 1. The molecule has 0 aromatic carbocycles. The van der Waals surface area contributed by atoms with Crippen LogP contribution in [0.3, 0.4) is 0 Å². The minimum absolute atomic E-state index is 0.0208. The van der Waals surface area contributed by atoms with E-state index in [1.54, 1.807) is 18.3 Å². The average molecular weight is 868 g/mol. The summed E-state index contributed by atoms with van der Waals surface area (Å²) in [6, 6.07) is 5.75. The maximum atomic E-state index is 12.9. The zero-order chi connectivity index (χ0) is 44.7. The number of aliphatic carboxylic acids is 1. The van der Waals surface area contributed by atoms with Gasteiger partial charge in [-0.2, -0.15) is 5.26 Å². The van der Waals surface area contributed by atoms with Gasteiger partial charge >= 0.3 is 5.97 Å². The number of aromatic nitrogens is 1. The van der Waals surface area contributed by atoms with Crippen LogP contribution in [0.5, 0.6) is 0 Å². The van der Waals surface area contributed by atoms with Crippen molar-refractivity contribution >= 4 is 15.8 Å². The van der Waals surface area contributed by atoms with Crippen molar-refractivity contribution in [2.75, 3.05) is 12.8 Å². The molecular weight excluding hydrogens is 791 g/mol. The Morgan fingerprint density at radius 2 is 1.66 bits per heavy atom. The third kappa shape index (κ3) is 7.31. The molecule has 10 atom stereocenters. The first-order valence-electron chi connectivity index (χ1n) is 24.4. The second kappa shape index (κ2) is 16.0. The standard InChI is InChI=1S/C53H77N3O5S/c1-35(2)39-17-28-53(56-33-31-52(59)26-15-38(16-27-52)62(8,60)61)30-29-49(6)41(45(39)53)11-12-44-48(5)21-18-40(47(3,4)43(48)20-22-50(44,49)7)36-13-23-51(24-14-36,46(57)58)25-19-42-37(34-54)10-9-32-55-42/h9-10,13,18,32,38-39,41,43-45,56,59H,1,11-12,14-17,19-31,33H2,2-8H3,(H,57,58)/t38?,39-,41+,43-,44+,45+,48-,49+,50+,51+,52?,53-/m0/s1. The van der Waals surface area contributed by atoms with Gasteiger partial charge in [0, 0.05) is 18.0 Å². The summed E-state index contributed by atoms with van der Waals surface area (Å²) >= 11 is 0. The number of aliphatic hydroxyl groups is 1. The van der Waals surface area contributed by atoms with E-state index >= 15 is 0 Å². The van der Waals surface area contributed by atoms with Crippen molar-refractivity contribution in [3.8, 4) is 6.07 Å². The molecule has 9 heteroatoms. The summed E-state index contributed by atoms with van der Waals surface area (Å²) in [4.78, 5) is 17.3. The third-order valence-corrected chi connectivity index (χ3v) is 22.1. The van der Waals surface area contributed by atoms with Gasteiger partial charge in [0.25, 0.3) is 0 Å². The fourth-order valence-electron chi connectivity index (χ4n) is 16.7. The number of fused-ring (bicyclic) bond motifs is 7. The van der Waals surface area contributed by atoms with Crippen molar-refractivity contribution in [3.05, 3.63) is 65.0 Å². The van der Waals surface area contributed by atoms with Crippen LogP contribution < -0.4 is 5.32 Å². The fraction of sp³-hybridized carbons (Fsp3) is 0.755. The molecule has 7 aliphatic rings. The molecule has 5 fully saturated rings. The molecule has 8 nitrogen and oxygen atoms in total. The second-order valence-electron chi connectivity index (χ2n) is 23.4. The summed E-state index contributed by atoms with van der Waals surface area (Å²) < 4.78 is 24.5. The van der Waals surface area contributed by atoms with E-state index in [1.165, 1.54) is 61.5 Å². The van der Waals surface area contributed by atoms with Crippen molar-refractivity contribution in [3.63, 3.8) is 0 Å². The Kier molecular flexibility index (Phi) is 11.8. The molecule has 0 radical (unpaired) electrons. The first-order valence-corrected chi connectivity index (χ1v) is 26.3. The van der Waals surface area contributed by atoms with Crippen molar-refractivity contribution in [1.82, 2.24) is 10.3 Å². The highest BCUT2D eigenvalue weighted by molar-refractivity contribution is 7.91. The highest BCUT2D eigenvalue weighted by atomic mass is 32.2. The predicted molar refractivity (Wildman–Crippen MR) is 247 cm³/mol. The van der Waals surface area contributed by atoms with Crippen LogP contribution in [0.15, 0.2) is 53.8 Å². The molecule has 3 N–H and O–H groups in total. The van der Waals surface area contributed by atoms with Gasteiger partial charge in [-0.15, -0.1) is 0 Å². The molecule has 62 heavy (non-hydrogen) atoms. The summed E-state index contributed by atoms with van der Waals surface area (Å²) in [5, 5.41) is 35.7. The van der Waals surface area contributed by atoms with Crippen LogP contribution in [0, 0.1) is 68.0 Å². The topological polar surface area (TPSA) is 140 Å². The third-order valence-electron chi connectivity index (χ3n) is 20.4. The summed E-state index contributed by atoms with van der Waals surface area (Å²) in [6.07, 6.45) is 24.4. The van der Waals surface area contributed by atoms with E-state index in [2.05, 4.69) is 76.6 Å². The van der Waals surface area contributed by atoms with Crippen LogP contribution >= 0.6 is 0 Å². The number of hydrogen-bond acceptors (Lipinski definition) is 7. The number of hydrogen-bond donors (Lipinski definition) is 3. The molecule has 1 aromatic heterocycles. The van der Waals surface area contributed by atoms with Crippen molar-refractivity contribution < 1.29 is 23.4 Å². The van der Waals surface area contributed by atoms with Gasteiger partial charge < -0.3 is 15.5 Å². The normalized spacial score (nSPS) is 42.5. The van der Waals surface area contributed by atoms with Crippen LogP contribution in [0.2, 0.25) is 0 Å². The smallest absolute Gasteiger partial charge is 0.309 e. The van der Waals surface area contributed by atoms with E-state index in [-0.39, 0.29) is 32.4 Å². The quantitative estimate of drug-likeness (QED) is 0.187. The van der Waals surface area contributed by atoms with E-state index in [4.69, 9.17) is 0 Å². The Morgan fingerprint density at radius 1 is 0.919 bits per heavy atom. The number of aryl methyl sites for hydroxylation is 1. The summed E-state index contributed by atoms with van der Waals surface area (Å²) in [6.45, 7) is 20.7. The van der Waals surface area contributed by atoms with Crippen LogP contribution in [0.25, 0.3) is 0 Å². The zero-order valence-electron chi connectivity index (χ0n) is 39.1. The Morgan fingerprint density at radius 3 is 2.31 bits per heavy atom. The number of nitrogens with zero attached hydrogens (tertiary/aromatic N) is 2. The molecular formula is C53H77N3O5S. The number of pyridine rings is 1. The SMILES string of the molecule is C=C(C)[C@@H]1CC[C@]2(NCCC3(O)CCC(S(C)(=O)=O)CC3)CC[C@]3(C)[C@H](CC[C@@H]4[C@@]5(C)CC=C(C6=CC[C@@](CCc7ncccc7C#N)(C(=O)O)CC6)C(C)(C)[C@@H]5CC[C@]43C)[C@@H]12. The number of carboxylic acid groups (broad SMARTS) is 1. The van der Waals surface area contributed by atoms with Crippen LogP contribution in [-0.4, -0.2) is 58.8 Å². The molecule has 8 rings (SSSR count). The molecule has 0 unspecified atom stereocenters. The lowest BCUT2D eigenvalue weighted by molar-refractivity contribution is -0.221. The Hall–Kier alpha value is -2.80. The number of nitriles is 1. The lowest BCUT2D eigenvalue weighted by Crippen LogP contribution is -2.68. The first kappa shape index (κ1) is 45.8. The predicted octanol–water partition coefficient (Wildman–Crippen LogP) is 10.7. The van der Waals surface area contributed by atoms with Gasteiger partial charge in [-0.3, -0.25) is 9.78 Å². The van der Waals surface area contributed by atoms with E-state index in [1.807, 2.05) is 0 Å². The number of carboxylic acids is 1. The van der Waals surface area contributed by atoms with Gasteiger partial charge in [0.05, 0.1) is 27.5 Å². The first-order chi connectivity index (χ1) is 29.1. The Bertz CT molecular complexity index is 2160. The van der Waals surface area contributed by atoms with Crippen LogP contribution in [0.4, 0.5) is 0 Å². The highest BCUT2D eigenvalue weighted by Gasteiger charge is 2.70. The van der Waals surface area contributed by atoms with Gasteiger partial charge in [-0.05, 0) is 210 Å². The molecule has 1 heterocycles. The molecule has 1 aromatic rings. The monoisotopic (exact) mass is 868 g/mol. The molecule has 7 aliphatic carbocycles. The van der Waals surface area contributed by atoms with E-state index < -0.39 is 26.8 Å². The molecule has 0 aliphatic heterocycles. The van der Waals surface area contributed by atoms with Crippen molar-refractivity contribution in [1.29, 1.82) is 5.26 Å². The molecule has 0 bridgehead atoms. The number of nitrogens with one attached hydrogen (secondary N) is 1. The van der Waals surface area contributed by atoms with Crippen LogP contribution in [0.1, 0.15) is 168 Å². The highest BCUT2D eigenvalue weighted by Crippen LogP contribution is 2.76. The summed E-state index contributed by atoms with van der Waals surface area (Å²) in [7, 11) is -3.08. The minimum atomic E-state index is -3.08. The van der Waals surface area contributed by atoms with Gasteiger partial charge in [0.15, 0.2) is 0 Å². The number of allylic oxidation sites excluding steroid dienone is 5. The fourth-order valence-corrected chi connectivity index (χ4v) is 17.8. The molecule has 5 saturated carbocycles. The Labute approximate surface area is 373 Å². The largest absolute Gasteiger partial charge is 0.481 e. The second-order valence-corrected chi connectivity index (χ2v) is 25.8. The number of rotatable bonds is 11. The Balaban J connectivity index is 0.998. The summed E-state index contributed by atoms with van der Waals surface area (Å²) in [5.41, 5.74) is 4.35. The lowest BCUT2D eigenvalue weighted by Gasteiger charge is -2.72. The van der Waals surface area contributed by atoms with Gasteiger partial charge in [0.2, 0.25) is 0 Å². The van der Waals surface area contributed by atoms with Gasteiger partial charge in [-0.25, -0.2) is 8.42 Å². The summed E-state index contributed by atoms with van der Waals surface area (Å²) in [5.74, 6) is 2.07. The van der Waals surface area contributed by atoms with E-state index in [0.29, 0.717) is 98.6 Å². The van der Waals surface area contributed by atoms with Crippen LogP contribution in [-0.2, 0) is 21.1 Å². The number of sulfone groups is 1. The maximum absolute atomic E-state index is 12.9. The molecule has 0 amide bonds. The van der Waals surface area contributed by atoms with Gasteiger partial charge in [-0.1, -0.05) is 58.9 Å². The minimum Gasteiger partial charge on any atom is -0.481 e. The van der Waals surface area contributed by atoms with Crippen molar-refractivity contribution in [2.45, 2.75) is 180 Å². The van der Waals surface area contributed by atoms with Crippen molar-refractivity contribution in [2.24, 2.45) is 56.7 Å². The van der Waals surface area contributed by atoms with E-state index in [0.717, 1.165) is 32.2 Å². The average Bonchev–Trinajstić information content (AvgIpc) is 3.60.